The van der Waals surface area contributed by atoms with Gasteiger partial charge in [0.1, 0.15) is 0 Å². The van der Waals surface area contributed by atoms with Gasteiger partial charge >= 0.3 is 7.32 Å². The van der Waals surface area contributed by atoms with E-state index in [0.717, 1.165) is 0 Å². The van der Waals surface area contributed by atoms with Crippen molar-refractivity contribution in [3.63, 3.8) is 0 Å². The maximum atomic E-state index is 13.2. The van der Waals surface area contributed by atoms with Crippen molar-refractivity contribution in [2.45, 2.75) is 5.33 Å². The molecule has 1 rings (SSSR count). The third-order valence-electron chi connectivity index (χ3n) is 1.44. The van der Waals surface area contributed by atoms with Crippen molar-refractivity contribution in [1.29, 1.82) is 0 Å². The van der Waals surface area contributed by atoms with Crippen LogP contribution in [0.15, 0.2) is 12.1 Å². The fourth-order valence-electron chi connectivity index (χ4n) is 0.908. The smallest absolute Gasteiger partial charge is 0.509 e. The predicted molar refractivity (Wildman–Crippen MR) is 54.9 cm³/mol. The molecule has 0 radical (unpaired) electrons. The van der Waals surface area contributed by atoms with Crippen LogP contribution in [0.2, 0.25) is 5.02 Å². The Balaban J connectivity index is 3.05. The molecule has 0 aromatic heterocycles. The first-order valence-corrected chi connectivity index (χ1v) is 5.11. The largest absolute Gasteiger partial charge is 0.707 e. The van der Waals surface area contributed by atoms with Gasteiger partial charge in [0.2, 0.25) is 0 Å². The number of alkyl halides is 1. The lowest BCUT2D eigenvalue weighted by molar-refractivity contribution is 0.282. The van der Waals surface area contributed by atoms with Gasteiger partial charge < -0.3 is 14.7 Å². The zero-order valence-corrected chi connectivity index (χ0v) is 9.22. The predicted octanol–water partition coefficient (Wildman–Crippen LogP) is 1.72. The third-order valence-corrected chi connectivity index (χ3v) is 2.36. The molecule has 0 unspecified atom stereocenters. The molecule has 0 atom stereocenters. The highest BCUT2D eigenvalue weighted by Gasteiger charge is 2.18. The van der Waals surface area contributed by atoms with Crippen molar-refractivity contribution in [2.75, 3.05) is 0 Å². The maximum Gasteiger partial charge on any atom is 0.707 e. The van der Waals surface area contributed by atoms with Crippen molar-refractivity contribution >= 4 is 34.9 Å². The summed E-state index contributed by atoms with van der Waals surface area (Å²) in [5, 5.41) is 17.4. The highest BCUT2D eigenvalue weighted by atomic mass is 79.9. The Morgan fingerprint density at radius 3 is 2.57 bits per heavy atom. The number of rotatable bonds is 3. The summed E-state index contributed by atoms with van der Waals surface area (Å²) in [7, 11) is -2.09. The molecule has 0 aliphatic heterocycles. The molecule has 0 aliphatic rings. The maximum absolute atomic E-state index is 13.2. The summed E-state index contributed by atoms with van der Waals surface area (Å²) >= 11 is 8.79. The molecule has 0 spiro atoms. The topological polar surface area (TPSA) is 49.7 Å². The molecule has 76 valence electrons. The Morgan fingerprint density at radius 1 is 1.50 bits per heavy atom. The van der Waals surface area contributed by atoms with Crippen molar-refractivity contribution in [2.24, 2.45) is 0 Å². The molecule has 7 heteroatoms. The zero-order chi connectivity index (χ0) is 10.7. The van der Waals surface area contributed by atoms with Gasteiger partial charge in [-0.25, -0.2) is 4.39 Å². The second kappa shape index (κ2) is 4.98. The summed E-state index contributed by atoms with van der Waals surface area (Å²) in [5.41, 5.74) is 0.632. The SMILES string of the molecule is OB(O)Oc1c(F)cc(CBr)cc1Cl. The standard InChI is InChI=1S/C7H6BBrClFO3/c9-3-4-1-5(10)7(6(11)2-4)14-8(12)13/h1-2,12-13H,3H2. The van der Waals surface area contributed by atoms with Gasteiger partial charge in [0.05, 0.1) is 5.02 Å². The van der Waals surface area contributed by atoms with E-state index in [1.54, 1.807) is 0 Å². The van der Waals surface area contributed by atoms with Crippen molar-refractivity contribution < 1.29 is 19.1 Å². The van der Waals surface area contributed by atoms with Crippen LogP contribution in [0.3, 0.4) is 0 Å². The van der Waals surface area contributed by atoms with Gasteiger partial charge in [-0.2, -0.15) is 0 Å². The van der Waals surface area contributed by atoms with E-state index in [9.17, 15) is 4.39 Å². The van der Waals surface area contributed by atoms with Crippen LogP contribution in [0.1, 0.15) is 5.56 Å². The van der Waals surface area contributed by atoms with Crippen LogP contribution in [0.25, 0.3) is 0 Å². The van der Waals surface area contributed by atoms with Gasteiger partial charge in [0.25, 0.3) is 0 Å². The van der Waals surface area contributed by atoms with Crippen LogP contribution >= 0.6 is 27.5 Å². The lowest BCUT2D eigenvalue weighted by atomic mass is 10.2. The molecule has 0 bridgehead atoms. The normalized spacial score (nSPS) is 10.1. The fourth-order valence-corrected chi connectivity index (χ4v) is 1.51. The third kappa shape index (κ3) is 2.85. The summed E-state index contributed by atoms with van der Waals surface area (Å²) in [6, 6.07) is 2.66. The molecule has 0 heterocycles. The highest BCUT2D eigenvalue weighted by Crippen LogP contribution is 2.30. The van der Waals surface area contributed by atoms with Gasteiger partial charge in [0.15, 0.2) is 11.6 Å². The summed E-state index contributed by atoms with van der Waals surface area (Å²) in [4.78, 5) is 0. The lowest BCUT2D eigenvalue weighted by Crippen LogP contribution is -2.21. The second-order valence-corrected chi connectivity index (χ2v) is 3.43. The van der Waals surface area contributed by atoms with E-state index in [1.807, 2.05) is 0 Å². The van der Waals surface area contributed by atoms with E-state index in [4.69, 9.17) is 21.6 Å². The quantitative estimate of drug-likeness (QED) is 0.656. The average molecular weight is 283 g/mol. The molecule has 3 nitrogen and oxygen atoms in total. The molecule has 0 fully saturated rings. The Labute approximate surface area is 93.8 Å². The minimum absolute atomic E-state index is 0.00690. The Kier molecular flexibility index (Phi) is 4.19. The van der Waals surface area contributed by atoms with E-state index in [-0.39, 0.29) is 10.8 Å². The van der Waals surface area contributed by atoms with Crippen LogP contribution in [-0.2, 0) is 5.33 Å². The van der Waals surface area contributed by atoms with Gasteiger partial charge in [-0.1, -0.05) is 27.5 Å². The van der Waals surface area contributed by atoms with Gasteiger partial charge in [-0.05, 0) is 17.7 Å². The fraction of sp³-hybridized carbons (Fsp3) is 0.143. The highest BCUT2D eigenvalue weighted by molar-refractivity contribution is 9.08. The first-order valence-electron chi connectivity index (χ1n) is 3.61. The zero-order valence-electron chi connectivity index (χ0n) is 6.88. The first kappa shape index (κ1) is 11.8. The van der Waals surface area contributed by atoms with Crippen LogP contribution in [-0.4, -0.2) is 17.4 Å². The van der Waals surface area contributed by atoms with E-state index >= 15 is 0 Å². The summed E-state index contributed by atoms with van der Waals surface area (Å²) in [5.74, 6) is -1.11. The van der Waals surface area contributed by atoms with Crippen molar-refractivity contribution in [3.05, 3.63) is 28.5 Å². The van der Waals surface area contributed by atoms with Gasteiger partial charge in [-0.15, -0.1) is 0 Å². The number of hydrogen-bond donors (Lipinski definition) is 2. The number of halogens is 3. The van der Waals surface area contributed by atoms with Crippen LogP contribution < -0.4 is 4.65 Å². The van der Waals surface area contributed by atoms with E-state index < -0.39 is 13.1 Å². The molecular formula is C7H6BBrClFO3. The molecule has 0 saturated heterocycles. The summed E-state index contributed by atoms with van der Waals surface area (Å²) < 4.78 is 17.6. The molecule has 1 aromatic rings. The average Bonchev–Trinajstić information content (AvgIpc) is 2.10. The Morgan fingerprint density at radius 2 is 2.14 bits per heavy atom. The minimum Gasteiger partial charge on any atom is -0.509 e. The first-order chi connectivity index (χ1) is 6.54. The van der Waals surface area contributed by atoms with Gasteiger partial charge in [0, 0.05) is 5.33 Å². The number of hydrogen-bond acceptors (Lipinski definition) is 3. The second-order valence-electron chi connectivity index (χ2n) is 2.47. The van der Waals surface area contributed by atoms with Crippen LogP contribution in [0.4, 0.5) is 4.39 Å². The molecular weight excluding hydrogens is 277 g/mol. The Bertz CT molecular complexity index is 314. The molecule has 14 heavy (non-hydrogen) atoms. The molecule has 1 aromatic carbocycles. The molecule has 2 N–H and O–H groups in total. The van der Waals surface area contributed by atoms with Crippen molar-refractivity contribution in [3.8, 4) is 5.75 Å². The van der Waals surface area contributed by atoms with Crippen LogP contribution in [0.5, 0.6) is 5.75 Å². The lowest BCUT2D eigenvalue weighted by Gasteiger charge is -2.09. The van der Waals surface area contributed by atoms with Crippen LogP contribution in [0, 0.1) is 5.82 Å². The monoisotopic (exact) mass is 282 g/mol. The molecule has 0 aliphatic carbocycles. The van der Waals surface area contributed by atoms with E-state index in [0.29, 0.717) is 10.9 Å². The summed E-state index contributed by atoms with van der Waals surface area (Å²) in [6.45, 7) is 0. The number of benzene rings is 1. The van der Waals surface area contributed by atoms with Crippen molar-refractivity contribution in [1.82, 2.24) is 0 Å². The van der Waals surface area contributed by atoms with E-state index in [1.165, 1.54) is 12.1 Å². The Hall–Kier alpha value is -0.295. The minimum atomic E-state index is -2.09. The van der Waals surface area contributed by atoms with Gasteiger partial charge in [-0.3, -0.25) is 0 Å². The molecule has 0 amide bonds. The molecule has 0 saturated carbocycles. The van der Waals surface area contributed by atoms with E-state index in [2.05, 4.69) is 20.6 Å². The summed E-state index contributed by atoms with van der Waals surface area (Å²) in [6.07, 6.45) is 0.